The molecule has 3 aromatic rings. The van der Waals surface area contributed by atoms with E-state index in [1.54, 1.807) is 36.6 Å². The second kappa shape index (κ2) is 8.91. The molecule has 2 atom stereocenters. The van der Waals surface area contributed by atoms with Gasteiger partial charge in [0.25, 0.3) is 0 Å². The fourth-order valence-electron chi connectivity index (χ4n) is 4.47. The number of rotatable bonds is 5. The van der Waals surface area contributed by atoms with E-state index in [1.807, 2.05) is 18.2 Å². The van der Waals surface area contributed by atoms with Gasteiger partial charge in [-0.2, -0.15) is 5.26 Å². The van der Waals surface area contributed by atoms with Crippen molar-refractivity contribution in [1.29, 1.82) is 5.26 Å². The van der Waals surface area contributed by atoms with Gasteiger partial charge in [-0.3, -0.25) is 4.79 Å². The number of carbonyl (C=O) groups excluding carboxylic acids is 1. The van der Waals surface area contributed by atoms with Crippen LogP contribution in [0.4, 0.5) is 4.39 Å². The molecule has 0 amide bonds. The number of nitriles is 1. The standard InChI is InChI=1S/C27H21FN2O4/c28-19-7-3-16(4-8-19)15-33-20-9-5-17(6-10-20)25-21(14-29)27(30)34-24-13-18(12-22(31)26(24)25)23-2-1-11-32-23/h1-11,18,25H,12-13,15,30H2. The lowest BCUT2D eigenvalue weighted by Crippen LogP contribution is -2.29. The Morgan fingerprint density at radius 3 is 2.53 bits per heavy atom. The minimum Gasteiger partial charge on any atom is -0.489 e. The van der Waals surface area contributed by atoms with Crippen molar-refractivity contribution in [2.45, 2.75) is 31.3 Å². The third-order valence-electron chi connectivity index (χ3n) is 6.14. The molecule has 0 bridgehead atoms. The SMILES string of the molecule is N#CC1=C(N)OC2=C(C(=O)CC(c3ccco3)C2)C1c1ccc(OCc2ccc(F)cc2)cc1. The van der Waals surface area contributed by atoms with Crippen LogP contribution in [0.2, 0.25) is 0 Å². The summed E-state index contributed by atoms with van der Waals surface area (Å²) >= 11 is 0. The van der Waals surface area contributed by atoms with Gasteiger partial charge in [0, 0.05) is 24.3 Å². The lowest BCUT2D eigenvalue weighted by molar-refractivity contribution is -0.117. The van der Waals surface area contributed by atoms with Crippen molar-refractivity contribution in [2.75, 3.05) is 0 Å². The predicted octanol–water partition coefficient (Wildman–Crippen LogP) is 5.21. The number of halogens is 1. The number of furan rings is 1. The Bertz CT molecular complexity index is 1320. The Morgan fingerprint density at radius 1 is 1.09 bits per heavy atom. The van der Waals surface area contributed by atoms with Gasteiger partial charge in [-0.05, 0) is 47.5 Å². The van der Waals surface area contributed by atoms with Crippen molar-refractivity contribution in [3.63, 3.8) is 0 Å². The lowest BCUT2D eigenvalue weighted by atomic mass is 9.74. The van der Waals surface area contributed by atoms with E-state index in [2.05, 4.69) is 6.07 Å². The van der Waals surface area contributed by atoms with E-state index in [0.717, 1.165) is 16.9 Å². The lowest BCUT2D eigenvalue weighted by Gasteiger charge is -2.33. The molecule has 0 fully saturated rings. The molecule has 2 aromatic carbocycles. The van der Waals surface area contributed by atoms with E-state index in [-0.39, 0.29) is 42.0 Å². The molecule has 0 saturated heterocycles. The number of allylic oxidation sites excluding steroid dienone is 3. The number of nitrogens with two attached hydrogens (primary N) is 1. The molecule has 1 aliphatic carbocycles. The zero-order chi connectivity index (χ0) is 23.7. The van der Waals surface area contributed by atoms with Crippen LogP contribution in [0.25, 0.3) is 0 Å². The number of benzene rings is 2. The summed E-state index contributed by atoms with van der Waals surface area (Å²) in [4.78, 5) is 13.2. The number of ether oxygens (including phenoxy) is 2. The first-order valence-electron chi connectivity index (χ1n) is 10.9. The first-order chi connectivity index (χ1) is 16.5. The van der Waals surface area contributed by atoms with Crippen LogP contribution < -0.4 is 10.5 Å². The molecule has 2 N–H and O–H groups in total. The van der Waals surface area contributed by atoms with Crippen molar-refractivity contribution in [2.24, 2.45) is 5.73 Å². The fourth-order valence-corrected chi connectivity index (χ4v) is 4.47. The molecule has 170 valence electrons. The van der Waals surface area contributed by atoms with Crippen LogP contribution in [-0.4, -0.2) is 5.78 Å². The number of hydrogen-bond donors (Lipinski definition) is 1. The zero-order valence-corrected chi connectivity index (χ0v) is 18.2. The minimum atomic E-state index is -0.607. The van der Waals surface area contributed by atoms with Crippen LogP contribution in [0.15, 0.2) is 94.1 Å². The quantitative estimate of drug-likeness (QED) is 0.566. The Hall–Kier alpha value is -4.31. The van der Waals surface area contributed by atoms with Crippen LogP contribution in [0.1, 0.15) is 41.6 Å². The van der Waals surface area contributed by atoms with Gasteiger partial charge in [0.2, 0.25) is 5.88 Å². The molecule has 2 aliphatic rings. The van der Waals surface area contributed by atoms with Gasteiger partial charge in [0.1, 0.15) is 41.3 Å². The zero-order valence-electron chi connectivity index (χ0n) is 18.2. The molecule has 2 unspecified atom stereocenters. The molecule has 1 aromatic heterocycles. The monoisotopic (exact) mass is 456 g/mol. The number of Topliss-reactive ketones (excluding diaryl/α,β-unsaturated/α-hetero) is 1. The summed E-state index contributed by atoms with van der Waals surface area (Å²) in [7, 11) is 0. The summed E-state index contributed by atoms with van der Waals surface area (Å²) in [5, 5.41) is 9.79. The molecule has 0 spiro atoms. The average Bonchev–Trinajstić information content (AvgIpc) is 3.38. The smallest absolute Gasteiger partial charge is 0.205 e. The summed E-state index contributed by atoms with van der Waals surface area (Å²) in [6.45, 7) is 0.287. The maximum atomic E-state index is 13.2. The van der Waals surface area contributed by atoms with E-state index in [4.69, 9.17) is 19.6 Å². The second-order valence-corrected chi connectivity index (χ2v) is 8.29. The minimum absolute atomic E-state index is 0.00998. The second-order valence-electron chi connectivity index (χ2n) is 8.29. The summed E-state index contributed by atoms with van der Waals surface area (Å²) in [5.74, 6) is 0.683. The molecule has 7 heteroatoms. The Morgan fingerprint density at radius 2 is 1.85 bits per heavy atom. The molecule has 1 aliphatic heterocycles. The maximum Gasteiger partial charge on any atom is 0.205 e. The van der Waals surface area contributed by atoms with Crippen molar-refractivity contribution < 1.29 is 23.1 Å². The third-order valence-corrected chi connectivity index (χ3v) is 6.14. The van der Waals surface area contributed by atoms with Crippen molar-refractivity contribution in [3.05, 3.63) is 112 Å². The number of ketones is 1. The van der Waals surface area contributed by atoms with Gasteiger partial charge in [0.05, 0.1) is 12.2 Å². The molecule has 2 heterocycles. The van der Waals surface area contributed by atoms with Crippen LogP contribution in [0.5, 0.6) is 5.75 Å². The van der Waals surface area contributed by atoms with Crippen LogP contribution in [0, 0.1) is 17.1 Å². The van der Waals surface area contributed by atoms with Crippen LogP contribution in [-0.2, 0) is 16.1 Å². The summed E-state index contributed by atoms with van der Waals surface area (Å²) in [5.41, 5.74) is 8.36. The van der Waals surface area contributed by atoms with Crippen LogP contribution >= 0.6 is 0 Å². The van der Waals surface area contributed by atoms with E-state index >= 15 is 0 Å². The summed E-state index contributed by atoms with van der Waals surface area (Å²) in [6.07, 6.45) is 2.31. The predicted molar refractivity (Wildman–Crippen MR) is 121 cm³/mol. The van der Waals surface area contributed by atoms with Gasteiger partial charge >= 0.3 is 0 Å². The highest BCUT2D eigenvalue weighted by atomic mass is 19.1. The number of hydrogen-bond acceptors (Lipinski definition) is 6. The van der Waals surface area contributed by atoms with E-state index in [9.17, 15) is 14.4 Å². The summed E-state index contributed by atoms with van der Waals surface area (Å²) < 4.78 is 30.1. The van der Waals surface area contributed by atoms with Gasteiger partial charge in [0.15, 0.2) is 5.78 Å². The average molecular weight is 456 g/mol. The van der Waals surface area contributed by atoms with Crippen molar-refractivity contribution in [3.8, 4) is 11.8 Å². The van der Waals surface area contributed by atoms with Crippen LogP contribution in [0.3, 0.4) is 0 Å². The highest BCUT2D eigenvalue weighted by Crippen LogP contribution is 2.46. The summed E-state index contributed by atoms with van der Waals surface area (Å²) in [6, 6.07) is 19.0. The highest BCUT2D eigenvalue weighted by Gasteiger charge is 2.41. The first-order valence-corrected chi connectivity index (χ1v) is 10.9. The molecule has 6 nitrogen and oxygen atoms in total. The Kier molecular flexibility index (Phi) is 5.64. The molecular formula is C27H21FN2O4. The number of carbonyl (C=O) groups is 1. The topological polar surface area (TPSA) is 98.5 Å². The molecule has 0 saturated carbocycles. The van der Waals surface area contributed by atoms with Crippen molar-refractivity contribution in [1.82, 2.24) is 0 Å². The molecule has 5 rings (SSSR count). The van der Waals surface area contributed by atoms with Gasteiger partial charge < -0.3 is 19.6 Å². The largest absolute Gasteiger partial charge is 0.489 e. The normalized spacial score (nSPS) is 19.9. The van der Waals surface area contributed by atoms with Gasteiger partial charge in [-0.1, -0.05) is 24.3 Å². The highest BCUT2D eigenvalue weighted by molar-refractivity contribution is 6.00. The van der Waals surface area contributed by atoms with Gasteiger partial charge in [-0.15, -0.1) is 0 Å². The number of nitrogens with zero attached hydrogens (tertiary/aromatic N) is 1. The molecular weight excluding hydrogens is 435 g/mol. The first kappa shape index (κ1) is 21.5. The Labute approximate surface area is 195 Å². The fraction of sp³-hybridized carbons (Fsp3) is 0.185. The van der Waals surface area contributed by atoms with E-state index < -0.39 is 5.92 Å². The van der Waals surface area contributed by atoms with Gasteiger partial charge in [-0.25, -0.2) is 4.39 Å². The van der Waals surface area contributed by atoms with Crippen molar-refractivity contribution >= 4 is 5.78 Å². The molecule has 34 heavy (non-hydrogen) atoms. The van der Waals surface area contributed by atoms with E-state index in [0.29, 0.717) is 23.5 Å². The maximum absolute atomic E-state index is 13.2. The molecule has 0 radical (unpaired) electrons. The van der Waals surface area contributed by atoms with E-state index in [1.165, 1.54) is 12.1 Å². The Balaban J connectivity index is 1.41. The third kappa shape index (κ3) is 4.06.